The molecule has 0 atom stereocenters. The van der Waals surface area contributed by atoms with Crippen LogP contribution in [0, 0.1) is 0 Å². The van der Waals surface area contributed by atoms with Crippen molar-refractivity contribution in [2.24, 2.45) is 0 Å². The number of aromatic nitrogens is 4. The number of fused-ring (bicyclic) bond motifs is 1. The maximum atomic E-state index is 13.2. The fourth-order valence-corrected chi connectivity index (χ4v) is 5.71. The van der Waals surface area contributed by atoms with Crippen molar-refractivity contribution in [1.82, 2.24) is 24.4 Å². The van der Waals surface area contributed by atoms with E-state index in [0.717, 1.165) is 10.9 Å². The molecule has 1 aliphatic heterocycles. The zero-order chi connectivity index (χ0) is 23.7. The molecule has 1 aliphatic rings. The number of esters is 1. The number of piperidine rings is 1. The second kappa shape index (κ2) is 8.92. The predicted molar refractivity (Wildman–Crippen MR) is 121 cm³/mol. The van der Waals surface area contributed by atoms with Crippen molar-refractivity contribution in [1.29, 1.82) is 0 Å². The van der Waals surface area contributed by atoms with Crippen LogP contribution in [0.4, 0.5) is 0 Å². The van der Waals surface area contributed by atoms with E-state index in [1.807, 2.05) is 18.2 Å². The molecule has 0 radical (unpaired) electrons. The molecule has 0 aliphatic carbocycles. The molecule has 4 heterocycles. The number of methoxy groups -OCH3 is 1. The summed E-state index contributed by atoms with van der Waals surface area (Å²) in [5, 5.41) is 4.97. The Morgan fingerprint density at radius 1 is 1.12 bits per heavy atom. The molecule has 1 aromatic carbocycles. The van der Waals surface area contributed by atoms with Gasteiger partial charge in [0, 0.05) is 42.4 Å². The highest BCUT2D eigenvalue weighted by molar-refractivity contribution is 7.89. The molecule has 10 nitrogen and oxygen atoms in total. The van der Waals surface area contributed by atoms with Crippen molar-refractivity contribution in [3.63, 3.8) is 0 Å². The number of hydrogen-bond donors (Lipinski definition) is 0. The Bertz CT molecular complexity index is 1460. The molecule has 0 spiro atoms. The second-order valence-electron chi connectivity index (χ2n) is 7.90. The van der Waals surface area contributed by atoms with Gasteiger partial charge in [-0.2, -0.15) is 9.29 Å². The molecule has 34 heavy (non-hydrogen) atoms. The van der Waals surface area contributed by atoms with Gasteiger partial charge in [-0.15, -0.1) is 0 Å². The van der Waals surface area contributed by atoms with E-state index in [9.17, 15) is 13.2 Å². The zero-order valence-corrected chi connectivity index (χ0v) is 19.1. The van der Waals surface area contributed by atoms with Crippen molar-refractivity contribution in [2.45, 2.75) is 23.7 Å². The van der Waals surface area contributed by atoms with Crippen LogP contribution in [0.2, 0.25) is 0 Å². The third kappa shape index (κ3) is 4.03. The largest absolute Gasteiger partial charge is 0.465 e. The number of benzene rings is 1. The maximum absolute atomic E-state index is 13.2. The Kier molecular flexibility index (Phi) is 5.80. The van der Waals surface area contributed by atoms with Crippen LogP contribution in [0.1, 0.15) is 35.0 Å². The zero-order valence-electron chi connectivity index (χ0n) is 18.3. The van der Waals surface area contributed by atoms with Crippen LogP contribution in [0.5, 0.6) is 0 Å². The average molecular weight is 480 g/mol. The van der Waals surface area contributed by atoms with Gasteiger partial charge in [-0.05, 0) is 43.2 Å². The van der Waals surface area contributed by atoms with Crippen LogP contribution in [0.3, 0.4) is 0 Å². The smallest absolute Gasteiger partial charge is 0.339 e. The Morgan fingerprint density at radius 3 is 2.71 bits per heavy atom. The molecule has 1 saturated heterocycles. The summed E-state index contributed by atoms with van der Waals surface area (Å²) in [6, 6.07) is 11.7. The summed E-state index contributed by atoms with van der Waals surface area (Å²) in [5.41, 5.74) is 1.38. The SMILES string of the molecule is COC(=O)c1ccccc1S(=O)(=O)N1CCC(c2nc(-c3cnc4ncccc4c3)no2)CC1. The number of carbonyl (C=O) groups is 1. The molecule has 0 bridgehead atoms. The van der Waals surface area contributed by atoms with Crippen molar-refractivity contribution in [3.05, 3.63) is 66.3 Å². The lowest BCUT2D eigenvalue weighted by Crippen LogP contribution is -2.38. The van der Waals surface area contributed by atoms with Crippen LogP contribution in [0.25, 0.3) is 22.4 Å². The number of sulfonamides is 1. The summed E-state index contributed by atoms with van der Waals surface area (Å²) in [6.07, 6.45) is 4.36. The van der Waals surface area contributed by atoms with Crippen molar-refractivity contribution < 1.29 is 22.5 Å². The fraction of sp³-hybridized carbons (Fsp3) is 0.261. The fourth-order valence-electron chi connectivity index (χ4n) is 4.06. The van der Waals surface area contributed by atoms with Gasteiger partial charge in [-0.1, -0.05) is 17.3 Å². The third-order valence-electron chi connectivity index (χ3n) is 5.87. The van der Waals surface area contributed by atoms with Gasteiger partial charge in [0.05, 0.1) is 17.6 Å². The van der Waals surface area contributed by atoms with E-state index in [-0.39, 0.29) is 29.5 Å². The van der Waals surface area contributed by atoms with E-state index < -0.39 is 16.0 Å². The lowest BCUT2D eigenvalue weighted by molar-refractivity contribution is 0.0596. The summed E-state index contributed by atoms with van der Waals surface area (Å²) < 4.78 is 38.1. The van der Waals surface area contributed by atoms with Gasteiger partial charge >= 0.3 is 5.97 Å². The van der Waals surface area contributed by atoms with Gasteiger partial charge in [0.1, 0.15) is 0 Å². The normalized spacial score (nSPS) is 15.4. The Labute approximate surface area is 195 Å². The average Bonchev–Trinajstić information content (AvgIpc) is 3.38. The first-order valence-electron chi connectivity index (χ1n) is 10.7. The summed E-state index contributed by atoms with van der Waals surface area (Å²) in [7, 11) is -2.64. The van der Waals surface area contributed by atoms with Gasteiger partial charge in [0.2, 0.25) is 21.7 Å². The minimum atomic E-state index is -3.86. The van der Waals surface area contributed by atoms with E-state index >= 15 is 0 Å². The Hall–Kier alpha value is -3.70. The molecule has 4 aromatic rings. The topological polar surface area (TPSA) is 128 Å². The molecule has 0 amide bonds. The van der Waals surface area contributed by atoms with E-state index in [4.69, 9.17) is 9.26 Å². The van der Waals surface area contributed by atoms with E-state index in [2.05, 4.69) is 20.1 Å². The van der Waals surface area contributed by atoms with Gasteiger partial charge in [0.25, 0.3) is 0 Å². The predicted octanol–water partition coefficient (Wildman–Crippen LogP) is 3.03. The summed E-state index contributed by atoms with van der Waals surface area (Å²) in [4.78, 5) is 25.1. The third-order valence-corrected chi connectivity index (χ3v) is 7.82. The highest BCUT2D eigenvalue weighted by Gasteiger charge is 2.34. The number of hydrogen-bond acceptors (Lipinski definition) is 9. The molecule has 0 N–H and O–H groups in total. The van der Waals surface area contributed by atoms with Crippen LogP contribution >= 0.6 is 0 Å². The molecule has 11 heteroatoms. The minimum Gasteiger partial charge on any atom is -0.465 e. The molecule has 3 aromatic heterocycles. The Balaban J connectivity index is 1.31. The van der Waals surface area contributed by atoms with Gasteiger partial charge in [-0.25, -0.2) is 23.2 Å². The molecule has 0 unspecified atom stereocenters. The molecule has 0 saturated carbocycles. The quantitative estimate of drug-likeness (QED) is 0.397. The van der Waals surface area contributed by atoms with Gasteiger partial charge < -0.3 is 9.26 Å². The minimum absolute atomic E-state index is 0.0212. The lowest BCUT2D eigenvalue weighted by atomic mass is 9.98. The van der Waals surface area contributed by atoms with Crippen molar-refractivity contribution >= 4 is 27.0 Å². The monoisotopic (exact) mass is 479 g/mol. The van der Waals surface area contributed by atoms with Gasteiger partial charge in [-0.3, -0.25) is 0 Å². The van der Waals surface area contributed by atoms with E-state index in [1.165, 1.54) is 23.5 Å². The number of nitrogens with zero attached hydrogens (tertiary/aromatic N) is 5. The van der Waals surface area contributed by atoms with E-state index in [0.29, 0.717) is 30.2 Å². The molecule has 1 fully saturated rings. The second-order valence-corrected chi connectivity index (χ2v) is 9.80. The molecule has 174 valence electrons. The standard InChI is InChI=1S/C23H21N5O5S/c1-32-23(29)18-6-2-3-7-19(18)34(30,31)28-11-8-15(9-12-28)22-26-21(27-33-22)17-13-16-5-4-10-24-20(16)25-14-17/h2-7,10,13-15H,8-9,11-12H2,1H3. The summed E-state index contributed by atoms with van der Waals surface area (Å²) in [5.74, 6) is 0.133. The maximum Gasteiger partial charge on any atom is 0.339 e. The highest BCUT2D eigenvalue weighted by Crippen LogP contribution is 2.32. The molecular formula is C23H21N5O5S. The number of ether oxygens (including phenoxy) is 1. The first kappa shape index (κ1) is 22.1. The van der Waals surface area contributed by atoms with E-state index in [1.54, 1.807) is 24.5 Å². The number of carbonyl (C=O) groups excluding carboxylic acids is 1. The van der Waals surface area contributed by atoms with Crippen LogP contribution < -0.4 is 0 Å². The number of pyridine rings is 2. The highest BCUT2D eigenvalue weighted by atomic mass is 32.2. The van der Waals surface area contributed by atoms with Crippen LogP contribution in [-0.2, 0) is 14.8 Å². The molecular weight excluding hydrogens is 458 g/mol. The van der Waals surface area contributed by atoms with Crippen molar-refractivity contribution in [3.8, 4) is 11.4 Å². The Morgan fingerprint density at radius 2 is 1.91 bits per heavy atom. The number of rotatable bonds is 5. The van der Waals surface area contributed by atoms with Gasteiger partial charge in [0.15, 0.2) is 5.65 Å². The molecule has 5 rings (SSSR count). The first-order chi connectivity index (χ1) is 16.5. The summed E-state index contributed by atoms with van der Waals surface area (Å²) in [6.45, 7) is 0.535. The first-order valence-corrected chi connectivity index (χ1v) is 12.1. The summed E-state index contributed by atoms with van der Waals surface area (Å²) >= 11 is 0. The van der Waals surface area contributed by atoms with Crippen LogP contribution in [-0.4, -0.2) is 59.0 Å². The lowest BCUT2D eigenvalue weighted by Gasteiger charge is -2.30. The van der Waals surface area contributed by atoms with Crippen LogP contribution in [0.15, 0.2) is 64.3 Å². The van der Waals surface area contributed by atoms with Crippen molar-refractivity contribution in [2.75, 3.05) is 20.2 Å².